The van der Waals surface area contributed by atoms with Crippen molar-refractivity contribution in [3.63, 3.8) is 0 Å². The first kappa shape index (κ1) is 14.6. The maximum atomic E-state index is 11.9. The van der Waals surface area contributed by atoms with Gasteiger partial charge in [-0.3, -0.25) is 4.79 Å². The second-order valence-electron chi connectivity index (χ2n) is 5.21. The summed E-state index contributed by atoms with van der Waals surface area (Å²) in [5.74, 6) is 0.112. The maximum absolute atomic E-state index is 11.9. The normalized spacial score (nSPS) is 10.7. The number of rotatable bonds is 6. The van der Waals surface area contributed by atoms with Crippen molar-refractivity contribution < 1.29 is 4.79 Å². The molecule has 0 saturated heterocycles. The Bertz CT molecular complexity index is 589. The smallest absolute Gasteiger partial charge is 0.224 e. The Labute approximate surface area is 121 Å². The molecule has 0 unspecified atom stereocenters. The molecule has 1 amide bonds. The van der Waals surface area contributed by atoms with E-state index in [1.54, 1.807) is 0 Å². The van der Waals surface area contributed by atoms with Crippen LogP contribution in [0.1, 0.15) is 45.1 Å². The predicted octanol–water partition coefficient (Wildman–Crippen LogP) is 4.92. The summed E-state index contributed by atoms with van der Waals surface area (Å²) < 4.78 is 0. The minimum absolute atomic E-state index is 0.112. The number of hydrogen-bond donors (Lipinski definition) is 1. The molecule has 0 heterocycles. The minimum atomic E-state index is 0.112. The lowest BCUT2D eigenvalue weighted by Crippen LogP contribution is -2.12. The fourth-order valence-corrected chi connectivity index (χ4v) is 2.52. The van der Waals surface area contributed by atoms with Crippen LogP contribution in [-0.2, 0) is 11.2 Å². The molecule has 2 nitrogen and oxygen atoms in total. The molecule has 0 atom stereocenters. The fraction of sp³-hybridized carbons (Fsp3) is 0.389. The molecule has 0 bridgehead atoms. The van der Waals surface area contributed by atoms with Gasteiger partial charge < -0.3 is 5.32 Å². The molecule has 0 aromatic heterocycles. The Balaban J connectivity index is 2.39. The van der Waals surface area contributed by atoms with Crippen molar-refractivity contribution in [2.24, 2.45) is 0 Å². The van der Waals surface area contributed by atoms with Crippen molar-refractivity contribution >= 4 is 22.4 Å². The van der Waals surface area contributed by atoms with Crippen molar-refractivity contribution in [3.8, 4) is 0 Å². The third kappa shape index (κ3) is 3.38. The van der Waals surface area contributed by atoms with Crippen LogP contribution in [0.5, 0.6) is 0 Å². The minimum Gasteiger partial charge on any atom is -0.326 e. The SMILES string of the molecule is CCCCc1c(NC(=O)CCC)ccc2ccccc12. The summed E-state index contributed by atoms with van der Waals surface area (Å²) in [6.45, 7) is 4.22. The quantitative estimate of drug-likeness (QED) is 0.792. The number of nitrogens with one attached hydrogen (secondary N) is 1. The lowest BCUT2D eigenvalue weighted by atomic mass is 9.98. The van der Waals surface area contributed by atoms with Gasteiger partial charge in [0.05, 0.1) is 0 Å². The molecule has 0 fully saturated rings. The molecule has 2 aromatic rings. The second kappa shape index (κ2) is 7.09. The Hall–Kier alpha value is -1.83. The molecule has 2 aromatic carbocycles. The van der Waals surface area contributed by atoms with Crippen LogP contribution in [0.15, 0.2) is 36.4 Å². The Morgan fingerprint density at radius 1 is 1.05 bits per heavy atom. The zero-order valence-electron chi connectivity index (χ0n) is 12.4. The lowest BCUT2D eigenvalue weighted by Gasteiger charge is -2.14. The summed E-state index contributed by atoms with van der Waals surface area (Å²) in [4.78, 5) is 11.9. The van der Waals surface area contributed by atoms with Crippen LogP contribution in [0.3, 0.4) is 0 Å². The number of anilines is 1. The molecule has 20 heavy (non-hydrogen) atoms. The summed E-state index contributed by atoms with van der Waals surface area (Å²) in [6, 6.07) is 12.5. The van der Waals surface area contributed by atoms with Crippen LogP contribution in [0.2, 0.25) is 0 Å². The Morgan fingerprint density at radius 2 is 1.85 bits per heavy atom. The molecule has 106 valence electrons. The summed E-state index contributed by atoms with van der Waals surface area (Å²) >= 11 is 0. The van der Waals surface area contributed by atoms with E-state index in [0.717, 1.165) is 31.4 Å². The number of hydrogen-bond acceptors (Lipinski definition) is 1. The van der Waals surface area contributed by atoms with E-state index >= 15 is 0 Å². The highest BCUT2D eigenvalue weighted by molar-refractivity contribution is 5.97. The third-order valence-corrected chi connectivity index (χ3v) is 3.57. The third-order valence-electron chi connectivity index (χ3n) is 3.57. The monoisotopic (exact) mass is 269 g/mol. The maximum Gasteiger partial charge on any atom is 0.224 e. The van der Waals surface area contributed by atoms with E-state index in [2.05, 4.69) is 42.6 Å². The zero-order valence-corrected chi connectivity index (χ0v) is 12.4. The number of carbonyl (C=O) groups is 1. The highest BCUT2D eigenvalue weighted by Gasteiger charge is 2.09. The van der Waals surface area contributed by atoms with Crippen molar-refractivity contribution in [2.45, 2.75) is 46.0 Å². The van der Waals surface area contributed by atoms with Crippen LogP contribution in [0.4, 0.5) is 5.69 Å². The van der Waals surface area contributed by atoms with E-state index in [4.69, 9.17) is 0 Å². The predicted molar refractivity (Wildman–Crippen MR) is 86.1 cm³/mol. The van der Waals surface area contributed by atoms with Gasteiger partial charge in [0.15, 0.2) is 0 Å². The summed E-state index contributed by atoms with van der Waals surface area (Å²) in [5.41, 5.74) is 2.25. The Morgan fingerprint density at radius 3 is 2.60 bits per heavy atom. The van der Waals surface area contributed by atoms with Gasteiger partial charge in [0.2, 0.25) is 5.91 Å². The Kier molecular flexibility index (Phi) is 5.16. The van der Waals surface area contributed by atoms with Crippen molar-refractivity contribution in [2.75, 3.05) is 5.32 Å². The average molecular weight is 269 g/mol. The van der Waals surface area contributed by atoms with Crippen molar-refractivity contribution in [1.29, 1.82) is 0 Å². The topological polar surface area (TPSA) is 29.1 Å². The standard InChI is InChI=1S/C18H23NO/c1-3-5-10-16-15-11-7-6-9-14(15)12-13-17(16)19-18(20)8-4-2/h6-7,9,11-13H,3-5,8,10H2,1-2H3,(H,19,20). The highest BCUT2D eigenvalue weighted by atomic mass is 16.1. The number of unbranched alkanes of at least 4 members (excludes halogenated alkanes) is 1. The zero-order chi connectivity index (χ0) is 14.4. The van der Waals surface area contributed by atoms with Crippen molar-refractivity contribution in [1.82, 2.24) is 0 Å². The van der Waals surface area contributed by atoms with Gasteiger partial charge in [-0.25, -0.2) is 0 Å². The van der Waals surface area contributed by atoms with Gasteiger partial charge in [-0.1, -0.05) is 50.6 Å². The molecule has 0 aliphatic rings. The molecule has 0 aliphatic carbocycles. The van der Waals surface area contributed by atoms with E-state index in [1.807, 2.05) is 13.0 Å². The van der Waals surface area contributed by atoms with Gasteiger partial charge >= 0.3 is 0 Å². The molecule has 1 N–H and O–H groups in total. The molecule has 0 aliphatic heterocycles. The molecule has 0 spiro atoms. The van der Waals surface area contributed by atoms with Gasteiger partial charge in [-0.15, -0.1) is 0 Å². The molecule has 0 radical (unpaired) electrons. The van der Waals surface area contributed by atoms with Gasteiger partial charge in [0.25, 0.3) is 0 Å². The van der Waals surface area contributed by atoms with E-state index in [-0.39, 0.29) is 5.91 Å². The second-order valence-corrected chi connectivity index (χ2v) is 5.21. The van der Waals surface area contributed by atoms with Crippen LogP contribution >= 0.6 is 0 Å². The number of amides is 1. The first-order valence-electron chi connectivity index (χ1n) is 7.56. The first-order valence-corrected chi connectivity index (χ1v) is 7.56. The summed E-state index contributed by atoms with van der Waals surface area (Å²) in [7, 11) is 0. The van der Waals surface area contributed by atoms with Crippen LogP contribution in [0, 0.1) is 0 Å². The van der Waals surface area contributed by atoms with Gasteiger partial charge in [0.1, 0.15) is 0 Å². The number of carbonyl (C=O) groups excluding carboxylic acids is 1. The van der Waals surface area contributed by atoms with Crippen LogP contribution in [0.25, 0.3) is 10.8 Å². The molecular weight excluding hydrogens is 246 g/mol. The highest BCUT2D eigenvalue weighted by Crippen LogP contribution is 2.28. The molecule has 2 heteroatoms. The van der Waals surface area contributed by atoms with Crippen molar-refractivity contribution in [3.05, 3.63) is 42.0 Å². The number of benzene rings is 2. The average Bonchev–Trinajstić information content (AvgIpc) is 2.46. The number of aryl methyl sites for hydroxylation is 1. The van der Waals surface area contributed by atoms with Gasteiger partial charge in [0, 0.05) is 12.1 Å². The summed E-state index contributed by atoms with van der Waals surface area (Å²) in [6.07, 6.45) is 4.78. The van der Waals surface area contributed by atoms with E-state index in [0.29, 0.717) is 6.42 Å². The lowest BCUT2D eigenvalue weighted by molar-refractivity contribution is -0.116. The fourth-order valence-electron chi connectivity index (χ4n) is 2.52. The first-order chi connectivity index (χ1) is 9.76. The van der Waals surface area contributed by atoms with Crippen LogP contribution in [-0.4, -0.2) is 5.91 Å². The van der Waals surface area contributed by atoms with Gasteiger partial charge in [-0.05, 0) is 41.7 Å². The van der Waals surface area contributed by atoms with E-state index in [1.165, 1.54) is 16.3 Å². The molecular formula is C18H23NO. The summed E-state index contributed by atoms with van der Waals surface area (Å²) in [5, 5.41) is 5.58. The molecule has 0 saturated carbocycles. The van der Waals surface area contributed by atoms with E-state index < -0.39 is 0 Å². The number of fused-ring (bicyclic) bond motifs is 1. The molecule has 2 rings (SSSR count). The van der Waals surface area contributed by atoms with Gasteiger partial charge in [-0.2, -0.15) is 0 Å². The van der Waals surface area contributed by atoms with E-state index in [9.17, 15) is 4.79 Å². The van der Waals surface area contributed by atoms with Crippen LogP contribution < -0.4 is 5.32 Å². The largest absolute Gasteiger partial charge is 0.326 e.